The summed E-state index contributed by atoms with van der Waals surface area (Å²) in [6.45, 7) is 2.33. The molecule has 23 heavy (non-hydrogen) atoms. The Morgan fingerprint density at radius 1 is 1.17 bits per heavy atom. The molecule has 1 aromatic rings. The van der Waals surface area contributed by atoms with Crippen LogP contribution < -0.4 is 0 Å². The van der Waals surface area contributed by atoms with Crippen LogP contribution in [0.5, 0.6) is 0 Å². The predicted octanol–water partition coefficient (Wildman–Crippen LogP) is 2.45. The Morgan fingerprint density at radius 3 is 2.74 bits per heavy atom. The van der Waals surface area contributed by atoms with Gasteiger partial charge in [0.2, 0.25) is 5.91 Å². The fourth-order valence-corrected chi connectivity index (χ4v) is 3.43. The minimum absolute atomic E-state index is 0.158. The van der Waals surface area contributed by atoms with Crippen molar-refractivity contribution in [2.24, 2.45) is 0 Å². The Labute approximate surface area is 137 Å². The molecule has 0 N–H and O–H groups in total. The molecule has 2 fully saturated rings. The number of nitrogens with zero attached hydrogens (tertiary/aromatic N) is 2. The van der Waals surface area contributed by atoms with Crippen molar-refractivity contribution in [2.45, 2.75) is 38.1 Å². The number of amides is 2. The lowest BCUT2D eigenvalue weighted by Gasteiger charge is -2.36. The van der Waals surface area contributed by atoms with Crippen LogP contribution in [0, 0.1) is 0 Å². The standard InChI is InChI=1S/C18H24N2O3/c21-17(9-11-19-12-13-23-18(19)22)20-10-5-4-8-16(20)14-15-6-2-1-3-7-15/h1-3,6-7,16H,4-5,8-14H2/t16-/m0/s1. The predicted molar refractivity (Wildman–Crippen MR) is 87.0 cm³/mol. The van der Waals surface area contributed by atoms with Crippen molar-refractivity contribution in [1.29, 1.82) is 0 Å². The lowest BCUT2D eigenvalue weighted by Crippen LogP contribution is -2.45. The van der Waals surface area contributed by atoms with Gasteiger partial charge in [-0.2, -0.15) is 0 Å². The number of rotatable bonds is 5. The van der Waals surface area contributed by atoms with Gasteiger partial charge in [0.05, 0.1) is 6.54 Å². The summed E-state index contributed by atoms with van der Waals surface area (Å²) in [5.74, 6) is 0.158. The topological polar surface area (TPSA) is 49.9 Å². The van der Waals surface area contributed by atoms with Crippen LogP contribution in [0.25, 0.3) is 0 Å². The van der Waals surface area contributed by atoms with Crippen molar-refractivity contribution in [3.05, 3.63) is 35.9 Å². The highest BCUT2D eigenvalue weighted by Gasteiger charge is 2.28. The normalized spacial score (nSPS) is 21.4. The zero-order chi connectivity index (χ0) is 16.1. The summed E-state index contributed by atoms with van der Waals surface area (Å²) in [5, 5.41) is 0. The highest BCUT2D eigenvalue weighted by atomic mass is 16.6. The number of cyclic esters (lactones) is 1. The number of ether oxygens (including phenoxy) is 1. The van der Waals surface area contributed by atoms with Gasteiger partial charge < -0.3 is 14.5 Å². The second kappa shape index (κ2) is 7.49. The maximum atomic E-state index is 12.6. The fraction of sp³-hybridized carbons (Fsp3) is 0.556. The molecular weight excluding hydrogens is 292 g/mol. The lowest BCUT2D eigenvalue weighted by molar-refractivity contribution is -0.135. The van der Waals surface area contributed by atoms with Crippen LogP contribution in [0.2, 0.25) is 0 Å². The van der Waals surface area contributed by atoms with Crippen LogP contribution in [0.1, 0.15) is 31.2 Å². The van der Waals surface area contributed by atoms with E-state index in [-0.39, 0.29) is 18.0 Å². The van der Waals surface area contributed by atoms with Crippen LogP contribution in [-0.4, -0.2) is 54.1 Å². The van der Waals surface area contributed by atoms with Gasteiger partial charge in [-0.25, -0.2) is 4.79 Å². The van der Waals surface area contributed by atoms with Gasteiger partial charge in [0, 0.05) is 25.6 Å². The first-order valence-corrected chi connectivity index (χ1v) is 8.49. The summed E-state index contributed by atoms with van der Waals surface area (Å²) in [5.41, 5.74) is 1.28. The van der Waals surface area contributed by atoms with Gasteiger partial charge in [-0.1, -0.05) is 30.3 Å². The Morgan fingerprint density at radius 2 is 2.00 bits per heavy atom. The molecule has 2 aliphatic heterocycles. The van der Waals surface area contributed by atoms with Crippen molar-refractivity contribution in [1.82, 2.24) is 9.80 Å². The number of benzene rings is 1. The maximum absolute atomic E-state index is 12.6. The average Bonchev–Trinajstić information content (AvgIpc) is 2.99. The molecule has 2 amide bonds. The van der Waals surface area contributed by atoms with Gasteiger partial charge in [0.15, 0.2) is 0 Å². The van der Waals surface area contributed by atoms with Crippen molar-refractivity contribution in [3.63, 3.8) is 0 Å². The molecule has 0 aromatic heterocycles. The van der Waals surface area contributed by atoms with Gasteiger partial charge in [-0.05, 0) is 31.2 Å². The molecule has 0 bridgehead atoms. The number of carbonyl (C=O) groups excluding carboxylic acids is 2. The summed E-state index contributed by atoms with van der Waals surface area (Å²) in [4.78, 5) is 27.7. The van der Waals surface area contributed by atoms with Crippen LogP contribution in [0.3, 0.4) is 0 Å². The van der Waals surface area contributed by atoms with Crippen molar-refractivity contribution in [2.75, 3.05) is 26.2 Å². The summed E-state index contributed by atoms with van der Waals surface area (Å²) < 4.78 is 4.91. The Hall–Kier alpha value is -2.04. The number of hydrogen-bond acceptors (Lipinski definition) is 3. The van der Waals surface area contributed by atoms with Gasteiger partial charge in [0.1, 0.15) is 6.61 Å². The molecule has 2 heterocycles. The third-order valence-corrected chi connectivity index (χ3v) is 4.70. The Balaban J connectivity index is 1.56. The summed E-state index contributed by atoms with van der Waals surface area (Å²) in [6.07, 6.45) is 4.32. The zero-order valence-electron chi connectivity index (χ0n) is 13.4. The van der Waals surface area contributed by atoms with Crippen molar-refractivity contribution in [3.8, 4) is 0 Å². The quantitative estimate of drug-likeness (QED) is 0.838. The molecule has 3 rings (SSSR count). The van der Waals surface area contributed by atoms with E-state index in [1.807, 2.05) is 23.1 Å². The minimum atomic E-state index is -0.294. The smallest absolute Gasteiger partial charge is 0.409 e. The first-order valence-electron chi connectivity index (χ1n) is 8.49. The number of carbonyl (C=O) groups is 2. The SMILES string of the molecule is O=C1OCCN1CCC(=O)N1CCCC[C@H]1Cc1ccccc1. The van der Waals surface area contributed by atoms with E-state index in [1.54, 1.807) is 4.90 Å². The van der Waals surface area contributed by atoms with Gasteiger partial charge in [-0.15, -0.1) is 0 Å². The third-order valence-electron chi connectivity index (χ3n) is 4.70. The van der Waals surface area contributed by atoms with Crippen molar-refractivity contribution >= 4 is 12.0 Å². The molecule has 5 heteroatoms. The zero-order valence-corrected chi connectivity index (χ0v) is 13.4. The van der Waals surface area contributed by atoms with E-state index in [4.69, 9.17) is 4.74 Å². The van der Waals surface area contributed by atoms with Crippen LogP contribution in [0.4, 0.5) is 4.79 Å². The van der Waals surface area contributed by atoms with Gasteiger partial charge in [-0.3, -0.25) is 4.79 Å². The molecule has 124 valence electrons. The molecule has 5 nitrogen and oxygen atoms in total. The highest BCUT2D eigenvalue weighted by Crippen LogP contribution is 2.22. The van der Waals surface area contributed by atoms with E-state index < -0.39 is 0 Å². The van der Waals surface area contributed by atoms with Gasteiger partial charge >= 0.3 is 6.09 Å². The Bertz CT molecular complexity index is 546. The highest BCUT2D eigenvalue weighted by molar-refractivity contribution is 5.78. The molecule has 2 saturated heterocycles. The van der Waals surface area contributed by atoms with Crippen LogP contribution in [0.15, 0.2) is 30.3 Å². The number of piperidine rings is 1. The molecule has 1 atom stereocenters. The van der Waals surface area contributed by atoms with E-state index in [0.717, 1.165) is 25.8 Å². The number of hydrogen-bond donors (Lipinski definition) is 0. The molecule has 0 spiro atoms. The molecular formula is C18H24N2O3. The van der Waals surface area contributed by atoms with Gasteiger partial charge in [0.25, 0.3) is 0 Å². The second-order valence-electron chi connectivity index (χ2n) is 6.28. The lowest BCUT2D eigenvalue weighted by atomic mass is 9.95. The van der Waals surface area contributed by atoms with Crippen LogP contribution in [-0.2, 0) is 16.0 Å². The minimum Gasteiger partial charge on any atom is -0.448 e. The summed E-state index contributed by atoms with van der Waals surface area (Å²) in [6, 6.07) is 10.6. The van der Waals surface area contributed by atoms with E-state index in [9.17, 15) is 9.59 Å². The summed E-state index contributed by atoms with van der Waals surface area (Å²) >= 11 is 0. The van der Waals surface area contributed by atoms with Crippen molar-refractivity contribution < 1.29 is 14.3 Å². The molecule has 0 radical (unpaired) electrons. The third kappa shape index (κ3) is 4.03. The Kier molecular flexibility index (Phi) is 5.16. The largest absolute Gasteiger partial charge is 0.448 e. The first-order chi connectivity index (χ1) is 11.2. The molecule has 1 aromatic carbocycles. The molecule has 0 aliphatic carbocycles. The average molecular weight is 316 g/mol. The fourth-order valence-electron chi connectivity index (χ4n) is 3.43. The summed E-state index contributed by atoms with van der Waals surface area (Å²) in [7, 11) is 0. The number of likely N-dealkylation sites (tertiary alicyclic amines) is 1. The monoisotopic (exact) mass is 316 g/mol. The first kappa shape index (κ1) is 15.8. The second-order valence-corrected chi connectivity index (χ2v) is 6.28. The maximum Gasteiger partial charge on any atom is 0.409 e. The van der Waals surface area contributed by atoms with E-state index >= 15 is 0 Å². The van der Waals surface area contributed by atoms with E-state index in [2.05, 4.69) is 12.1 Å². The molecule has 2 aliphatic rings. The van der Waals surface area contributed by atoms with E-state index in [0.29, 0.717) is 26.1 Å². The molecule has 0 unspecified atom stereocenters. The van der Waals surface area contributed by atoms with E-state index in [1.165, 1.54) is 12.0 Å². The molecule has 0 saturated carbocycles. The van der Waals surface area contributed by atoms with Crippen LogP contribution >= 0.6 is 0 Å².